The highest BCUT2D eigenvalue weighted by Gasteiger charge is 2.10. The van der Waals surface area contributed by atoms with E-state index in [-0.39, 0.29) is 5.91 Å². The van der Waals surface area contributed by atoms with E-state index in [0.717, 1.165) is 22.2 Å². The largest absolute Gasteiger partial charge is 0.497 e. The number of benzene rings is 2. The summed E-state index contributed by atoms with van der Waals surface area (Å²) in [5, 5.41) is 4.86. The topological polar surface area (TPSA) is 66.5 Å². The number of aromatic amines is 1. The highest BCUT2D eigenvalue weighted by molar-refractivity contribution is 6.06. The normalized spacial score (nSPS) is 11.0. The fourth-order valence-electron chi connectivity index (χ4n) is 2.21. The third-order valence-corrected chi connectivity index (χ3v) is 3.31. The molecule has 0 unspecified atom stereocenters. The fourth-order valence-corrected chi connectivity index (χ4v) is 2.21. The van der Waals surface area contributed by atoms with Crippen LogP contribution in [0.1, 0.15) is 15.9 Å². The molecule has 5 heteroatoms. The third-order valence-electron chi connectivity index (χ3n) is 3.31. The maximum absolute atomic E-state index is 12.2. The van der Waals surface area contributed by atoms with Crippen LogP contribution in [-0.2, 0) is 0 Å². The molecule has 0 atom stereocenters. The summed E-state index contributed by atoms with van der Waals surface area (Å²) in [7, 11) is 1.61. The van der Waals surface area contributed by atoms with Crippen molar-refractivity contribution in [3.63, 3.8) is 0 Å². The molecule has 0 saturated carbocycles. The van der Waals surface area contributed by atoms with Crippen molar-refractivity contribution in [2.75, 3.05) is 7.11 Å². The van der Waals surface area contributed by atoms with E-state index in [9.17, 15) is 4.79 Å². The number of carbonyl (C=O) groups is 1. The number of nitrogens with zero attached hydrogens (tertiary/aromatic N) is 1. The van der Waals surface area contributed by atoms with Gasteiger partial charge in [-0.25, -0.2) is 5.43 Å². The molecule has 0 fully saturated rings. The van der Waals surface area contributed by atoms with Crippen LogP contribution < -0.4 is 10.2 Å². The Kier molecular flexibility index (Phi) is 3.87. The van der Waals surface area contributed by atoms with Crippen LogP contribution in [0, 0.1) is 0 Å². The van der Waals surface area contributed by atoms with E-state index in [1.165, 1.54) is 0 Å². The highest BCUT2D eigenvalue weighted by atomic mass is 16.5. The van der Waals surface area contributed by atoms with E-state index in [2.05, 4.69) is 15.5 Å². The summed E-state index contributed by atoms with van der Waals surface area (Å²) in [5.74, 6) is 0.489. The van der Waals surface area contributed by atoms with Crippen LogP contribution in [0.2, 0.25) is 0 Å². The maximum Gasteiger partial charge on any atom is 0.273 e. The molecule has 1 aromatic heterocycles. The van der Waals surface area contributed by atoms with Crippen LogP contribution in [0.4, 0.5) is 0 Å². The monoisotopic (exact) mass is 293 g/mol. The van der Waals surface area contributed by atoms with Crippen molar-refractivity contribution < 1.29 is 9.53 Å². The molecule has 0 bridgehead atoms. The Morgan fingerprint density at radius 3 is 2.95 bits per heavy atom. The zero-order chi connectivity index (χ0) is 15.4. The Morgan fingerprint density at radius 2 is 2.09 bits per heavy atom. The fraction of sp³-hybridized carbons (Fsp3) is 0.0588. The molecule has 3 rings (SSSR count). The van der Waals surface area contributed by atoms with Crippen molar-refractivity contribution >= 4 is 23.0 Å². The van der Waals surface area contributed by atoms with Crippen molar-refractivity contribution in [1.82, 2.24) is 10.4 Å². The summed E-state index contributed by atoms with van der Waals surface area (Å²) in [4.78, 5) is 15.2. The van der Waals surface area contributed by atoms with E-state index in [1.807, 2.05) is 48.5 Å². The Labute approximate surface area is 127 Å². The minimum atomic E-state index is -0.253. The average molecular weight is 293 g/mol. The number of hydrogen-bond acceptors (Lipinski definition) is 3. The summed E-state index contributed by atoms with van der Waals surface area (Å²) in [6, 6.07) is 15.1. The van der Waals surface area contributed by atoms with Crippen molar-refractivity contribution in [3.8, 4) is 5.75 Å². The summed E-state index contributed by atoms with van der Waals surface area (Å²) in [6.45, 7) is 0. The van der Waals surface area contributed by atoms with Crippen LogP contribution in [0.3, 0.4) is 0 Å². The van der Waals surface area contributed by atoms with Crippen molar-refractivity contribution in [3.05, 3.63) is 65.9 Å². The standard InChI is InChI=1S/C17H15N3O2/c1-22-13-6-4-5-12(9-13)10-19-20-17(21)15-11-18-16-8-3-2-7-14(15)16/h2-11,18H,1H3,(H,20,21)/b19-10+. The van der Waals surface area contributed by atoms with Gasteiger partial charge in [0.2, 0.25) is 0 Å². The van der Waals surface area contributed by atoms with Crippen LogP contribution in [-0.4, -0.2) is 24.2 Å². The number of ether oxygens (including phenoxy) is 1. The van der Waals surface area contributed by atoms with E-state index < -0.39 is 0 Å². The van der Waals surface area contributed by atoms with Gasteiger partial charge in [-0.15, -0.1) is 0 Å². The van der Waals surface area contributed by atoms with Gasteiger partial charge in [0, 0.05) is 17.1 Å². The van der Waals surface area contributed by atoms with E-state index >= 15 is 0 Å². The molecule has 1 heterocycles. The van der Waals surface area contributed by atoms with Crippen LogP contribution in [0.5, 0.6) is 5.75 Å². The Hall–Kier alpha value is -3.08. The highest BCUT2D eigenvalue weighted by Crippen LogP contribution is 2.17. The molecular weight excluding hydrogens is 278 g/mol. The number of H-pyrrole nitrogens is 1. The van der Waals surface area contributed by atoms with Crippen molar-refractivity contribution in [2.24, 2.45) is 5.10 Å². The number of hydrogen-bond donors (Lipinski definition) is 2. The van der Waals surface area contributed by atoms with Crippen LogP contribution in [0.15, 0.2) is 59.8 Å². The van der Waals surface area contributed by atoms with Gasteiger partial charge in [0.25, 0.3) is 5.91 Å². The number of fused-ring (bicyclic) bond motifs is 1. The molecule has 2 N–H and O–H groups in total. The van der Waals surface area contributed by atoms with Crippen molar-refractivity contribution in [2.45, 2.75) is 0 Å². The van der Waals surface area contributed by atoms with Gasteiger partial charge in [-0.2, -0.15) is 5.10 Å². The molecule has 1 amide bonds. The molecule has 0 spiro atoms. The zero-order valence-electron chi connectivity index (χ0n) is 12.0. The van der Waals surface area contributed by atoms with Gasteiger partial charge in [0.05, 0.1) is 18.9 Å². The number of hydrazone groups is 1. The number of aromatic nitrogens is 1. The lowest BCUT2D eigenvalue weighted by Crippen LogP contribution is -2.17. The van der Waals surface area contributed by atoms with Gasteiger partial charge in [0.15, 0.2) is 0 Å². The second-order valence-corrected chi connectivity index (χ2v) is 4.72. The van der Waals surface area contributed by atoms with E-state index in [1.54, 1.807) is 19.5 Å². The first-order chi connectivity index (χ1) is 10.8. The third kappa shape index (κ3) is 2.83. The van der Waals surface area contributed by atoms with Gasteiger partial charge in [-0.05, 0) is 23.8 Å². The lowest BCUT2D eigenvalue weighted by atomic mass is 10.2. The number of amides is 1. The number of nitrogens with one attached hydrogen (secondary N) is 2. The second-order valence-electron chi connectivity index (χ2n) is 4.72. The summed E-state index contributed by atoms with van der Waals surface area (Å²) in [5.41, 5.74) is 4.87. The molecular formula is C17H15N3O2. The molecule has 2 aromatic carbocycles. The summed E-state index contributed by atoms with van der Waals surface area (Å²) >= 11 is 0. The molecule has 0 aliphatic heterocycles. The maximum atomic E-state index is 12.2. The SMILES string of the molecule is COc1cccc(/C=N/NC(=O)c2c[nH]c3ccccc23)c1. The number of para-hydroxylation sites is 1. The smallest absolute Gasteiger partial charge is 0.273 e. The molecule has 3 aromatic rings. The zero-order valence-corrected chi connectivity index (χ0v) is 12.0. The lowest BCUT2D eigenvalue weighted by Gasteiger charge is -2.00. The first kappa shape index (κ1) is 13.9. The van der Waals surface area contributed by atoms with E-state index in [0.29, 0.717) is 5.56 Å². The molecule has 110 valence electrons. The van der Waals surface area contributed by atoms with Gasteiger partial charge >= 0.3 is 0 Å². The van der Waals surface area contributed by atoms with Crippen LogP contribution in [0.25, 0.3) is 10.9 Å². The molecule has 0 saturated heterocycles. The molecule has 0 aliphatic carbocycles. The summed E-state index contributed by atoms with van der Waals surface area (Å²) < 4.78 is 5.14. The van der Waals surface area contributed by atoms with Gasteiger partial charge < -0.3 is 9.72 Å². The second kappa shape index (κ2) is 6.13. The first-order valence-electron chi connectivity index (χ1n) is 6.81. The van der Waals surface area contributed by atoms with Crippen molar-refractivity contribution in [1.29, 1.82) is 0 Å². The quantitative estimate of drug-likeness (QED) is 0.573. The van der Waals surface area contributed by atoms with Crippen LogP contribution >= 0.6 is 0 Å². The minimum absolute atomic E-state index is 0.253. The molecule has 5 nitrogen and oxygen atoms in total. The first-order valence-corrected chi connectivity index (χ1v) is 6.81. The number of methoxy groups -OCH3 is 1. The number of carbonyl (C=O) groups excluding carboxylic acids is 1. The Bertz CT molecular complexity index is 837. The lowest BCUT2D eigenvalue weighted by molar-refractivity contribution is 0.0957. The Balaban J connectivity index is 1.73. The summed E-state index contributed by atoms with van der Waals surface area (Å²) in [6.07, 6.45) is 3.26. The number of rotatable bonds is 4. The molecule has 22 heavy (non-hydrogen) atoms. The minimum Gasteiger partial charge on any atom is -0.497 e. The molecule has 0 radical (unpaired) electrons. The molecule has 0 aliphatic rings. The van der Waals surface area contributed by atoms with Gasteiger partial charge in [-0.3, -0.25) is 4.79 Å². The average Bonchev–Trinajstić information content (AvgIpc) is 2.99. The van der Waals surface area contributed by atoms with E-state index in [4.69, 9.17) is 4.74 Å². The Morgan fingerprint density at radius 1 is 1.23 bits per heavy atom. The predicted molar refractivity (Wildman–Crippen MR) is 86.4 cm³/mol. The predicted octanol–water partition coefficient (Wildman–Crippen LogP) is 2.94. The van der Waals surface area contributed by atoms with Gasteiger partial charge in [0.1, 0.15) is 5.75 Å². The van der Waals surface area contributed by atoms with Gasteiger partial charge in [-0.1, -0.05) is 30.3 Å².